The first kappa shape index (κ1) is 13.3. The molecule has 3 N–H and O–H groups in total. The molecule has 0 aliphatic heterocycles. The number of aliphatic hydroxyl groups is 1. The lowest BCUT2D eigenvalue weighted by molar-refractivity contribution is 0.266. The lowest BCUT2D eigenvalue weighted by atomic mass is 10.2. The fourth-order valence-corrected chi connectivity index (χ4v) is 2.81. The predicted octanol–water partition coefficient (Wildman–Crippen LogP) is 0.922. The van der Waals surface area contributed by atoms with Crippen molar-refractivity contribution in [1.82, 2.24) is 4.72 Å². The summed E-state index contributed by atoms with van der Waals surface area (Å²) in [7, 11) is -3.39. The number of nitrogens with one attached hydrogen (secondary N) is 2. The molecule has 1 aromatic carbocycles. The van der Waals surface area contributed by atoms with Gasteiger partial charge in [-0.25, -0.2) is 13.1 Å². The molecule has 0 bridgehead atoms. The minimum absolute atomic E-state index is 0.102. The SMILES string of the molecule is CCNS(=O)(=O)c1ccc(NC2(CO)CC2)cc1. The van der Waals surface area contributed by atoms with Crippen LogP contribution < -0.4 is 10.0 Å². The summed E-state index contributed by atoms with van der Waals surface area (Å²) in [6.45, 7) is 2.21. The Bertz CT molecular complexity index is 507. The third kappa shape index (κ3) is 2.82. The van der Waals surface area contributed by atoms with Gasteiger partial charge in [0.05, 0.1) is 17.0 Å². The van der Waals surface area contributed by atoms with Crippen molar-refractivity contribution in [2.75, 3.05) is 18.5 Å². The van der Waals surface area contributed by atoms with E-state index in [1.165, 1.54) is 0 Å². The number of anilines is 1. The summed E-state index contributed by atoms with van der Waals surface area (Å²) in [4.78, 5) is 0.253. The molecule has 0 saturated heterocycles. The van der Waals surface area contributed by atoms with Crippen LogP contribution in [0.15, 0.2) is 29.2 Å². The third-order valence-electron chi connectivity index (χ3n) is 3.06. The fourth-order valence-electron chi connectivity index (χ4n) is 1.77. The Hall–Kier alpha value is -1.11. The highest BCUT2D eigenvalue weighted by Gasteiger charge is 2.41. The monoisotopic (exact) mass is 270 g/mol. The molecule has 2 rings (SSSR count). The molecule has 1 aliphatic rings. The second kappa shape index (κ2) is 4.87. The van der Waals surface area contributed by atoms with Gasteiger partial charge in [0.15, 0.2) is 0 Å². The minimum Gasteiger partial charge on any atom is -0.394 e. The van der Waals surface area contributed by atoms with E-state index in [0.717, 1.165) is 18.5 Å². The standard InChI is InChI=1S/C12H18N2O3S/c1-2-13-18(16,17)11-5-3-10(4-6-11)14-12(9-15)7-8-12/h3-6,13-15H,2,7-9H2,1H3. The molecule has 0 heterocycles. The van der Waals surface area contributed by atoms with Crippen LogP contribution in [0.1, 0.15) is 19.8 Å². The van der Waals surface area contributed by atoms with Crippen LogP contribution in [0.25, 0.3) is 0 Å². The van der Waals surface area contributed by atoms with Crippen LogP contribution in [-0.4, -0.2) is 32.2 Å². The molecule has 100 valence electrons. The average molecular weight is 270 g/mol. The molecule has 0 atom stereocenters. The molecule has 0 unspecified atom stereocenters. The Morgan fingerprint density at radius 1 is 1.28 bits per heavy atom. The molecule has 0 aromatic heterocycles. The molecule has 0 radical (unpaired) electrons. The van der Waals surface area contributed by atoms with Gasteiger partial charge in [-0.1, -0.05) is 6.92 Å². The quantitative estimate of drug-likeness (QED) is 0.718. The average Bonchev–Trinajstić information content (AvgIpc) is 3.10. The van der Waals surface area contributed by atoms with Crippen LogP contribution in [-0.2, 0) is 10.0 Å². The molecule has 0 amide bonds. The van der Waals surface area contributed by atoms with Gasteiger partial charge in [0.1, 0.15) is 0 Å². The van der Waals surface area contributed by atoms with Crippen LogP contribution in [0.2, 0.25) is 0 Å². The summed E-state index contributed by atoms with van der Waals surface area (Å²) in [5, 5.41) is 12.4. The molecule has 1 aliphatic carbocycles. The van der Waals surface area contributed by atoms with Crippen molar-refractivity contribution < 1.29 is 13.5 Å². The van der Waals surface area contributed by atoms with Gasteiger partial charge in [-0.3, -0.25) is 0 Å². The van der Waals surface area contributed by atoms with E-state index in [9.17, 15) is 13.5 Å². The highest BCUT2D eigenvalue weighted by Crippen LogP contribution is 2.38. The van der Waals surface area contributed by atoms with Crippen LogP contribution in [0.3, 0.4) is 0 Å². The van der Waals surface area contributed by atoms with Gasteiger partial charge in [-0.15, -0.1) is 0 Å². The van der Waals surface area contributed by atoms with Gasteiger partial charge in [-0.2, -0.15) is 0 Å². The van der Waals surface area contributed by atoms with Gasteiger partial charge >= 0.3 is 0 Å². The van der Waals surface area contributed by atoms with Crippen molar-refractivity contribution in [2.45, 2.75) is 30.2 Å². The second-order valence-electron chi connectivity index (χ2n) is 4.59. The number of hydrogen-bond acceptors (Lipinski definition) is 4. The van der Waals surface area contributed by atoms with Crippen LogP contribution >= 0.6 is 0 Å². The van der Waals surface area contributed by atoms with E-state index in [1.807, 2.05) is 0 Å². The molecule has 18 heavy (non-hydrogen) atoms. The molecule has 1 saturated carbocycles. The maximum absolute atomic E-state index is 11.7. The second-order valence-corrected chi connectivity index (χ2v) is 6.36. The van der Waals surface area contributed by atoms with Gasteiger partial charge in [0, 0.05) is 12.2 Å². The lowest BCUT2D eigenvalue weighted by Crippen LogP contribution is -2.26. The Kier molecular flexibility index (Phi) is 3.61. The zero-order chi connectivity index (χ0) is 13.2. The van der Waals surface area contributed by atoms with Crippen LogP contribution in [0, 0.1) is 0 Å². The zero-order valence-corrected chi connectivity index (χ0v) is 11.1. The number of sulfonamides is 1. The Labute approximate surface area is 107 Å². The predicted molar refractivity (Wildman–Crippen MR) is 70.0 cm³/mol. The molecule has 6 heteroatoms. The molecule has 5 nitrogen and oxygen atoms in total. The normalized spacial score (nSPS) is 17.4. The summed E-state index contributed by atoms with van der Waals surface area (Å²) in [6.07, 6.45) is 1.89. The van der Waals surface area contributed by atoms with Gasteiger partial charge < -0.3 is 10.4 Å². The van der Waals surface area contributed by atoms with Crippen molar-refractivity contribution in [2.24, 2.45) is 0 Å². The summed E-state index contributed by atoms with van der Waals surface area (Å²) >= 11 is 0. The number of benzene rings is 1. The van der Waals surface area contributed by atoms with E-state index in [4.69, 9.17) is 0 Å². The molecule has 0 spiro atoms. The lowest BCUT2D eigenvalue weighted by Gasteiger charge is -2.16. The van der Waals surface area contributed by atoms with Crippen molar-refractivity contribution >= 4 is 15.7 Å². The van der Waals surface area contributed by atoms with Crippen molar-refractivity contribution in [3.63, 3.8) is 0 Å². The van der Waals surface area contributed by atoms with Crippen molar-refractivity contribution in [1.29, 1.82) is 0 Å². The van der Waals surface area contributed by atoms with Crippen molar-refractivity contribution in [3.8, 4) is 0 Å². The molecule has 1 aromatic rings. The van der Waals surface area contributed by atoms with E-state index in [1.54, 1.807) is 31.2 Å². The first-order chi connectivity index (χ1) is 8.51. The number of aliphatic hydroxyl groups excluding tert-OH is 1. The van der Waals surface area contributed by atoms with Gasteiger partial charge in [0.2, 0.25) is 10.0 Å². The van der Waals surface area contributed by atoms with E-state index < -0.39 is 10.0 Å². The van der Waals surface area contributed by atoms with Crippen LogP contribution in [0.4, 0.5) is 5.69 Å². The highest BCUT2D eigenvalue weighted by molar-refractivity contribution is 7.89. The Balaban J connectivity index is 2.11. The summed E-state index contributed by atoms with van der Waals surface area (Å²) in [6, 6.07) is 6.57. The highest BCUT2D eigenvalue weighted by atomic mass is 32.2. The Morgan fingerprint density at radius 2 is 1.89 bits per heavy atom. The summed E-state index contributed by atoms with van der Waals surface area (Å²) in [5.74, 6) is 0. The first-order valence-corrected chi connectivity index (χ1v) is 7.48. The maximum Gasteiger partial charge on any atom is 0.240 e. The van der Waals surface area contributed by atoms with E-state index in [-0.39, 0.29) is 17.0 Å². The topological polar surface area (TPSA) is 78.4 Å². The molecular formula is C12H18N2O3S. The Morgan fingerprint density at radius 3 is 2.33 bits per heavy atom. The first-order valence-electron chi connectivity index (χ1n) is 6.00. The van der Waals surface area contributed by atoms with Gasteiger partial charge in [0.25, 0.3) is 0 Å². The fraction of sp³-hybridized carbons (Fsp3) is 0.500. The summed E-state index contributed by atoms with van der Waals surface area (Å²) in [5.41, 5.74) is 0.638. The van der Waals surface area contributed by atoms with Crippen LogP contribution in [0.5, 0.6) is 0 Å². The van der Waals surface area contributed by atoms with Gasteiger partial charge in [-0.05, 0) is 37.1 Å². The maximum atomic E-state index is 11.7. The van der Waals surface area contributed by atoms with E-state index >= 15 is 0 Å². The molecule has 1 fully saturated rings. The van der Waals surface area contributed by atoms with E-state index in [0.29, 0.717) is 6.54 Å². The summed E-state index contributed by atoms with van der Waals surface area (Å²) < 4.78 is 25.9. The van der Waals surface area contributed by atoms with Crippen molar-refractivity contribution in [3.05, 3.63) is 24.3 Å². The zero-order valence-electron chi connectivity index (χ0n) is 10.3. The third-order valence-corrected chi connectivity index (χ3v) is 4.63. The number of hydrogen-bond donors (Lipinski definition) is 3. The molecular weight excluding hydrogens is 252 g/mol. The van der Waals surface area contributed by atoms with E-state index in [2.05, 4.69) is 10.0 Å². The largest absolute Gasteiger partial charge is 0.394 e. The number of rotatable bonds is 6. The minimum atomic E-state index is -3.39. The smallest absolute Gasteiger partial charge is 0.240 e.